The Bertz CT molecular complexity index is 835. The van der Waals surface area contributed by atoms with Gasteiger partial charge in [0.2, 0.25) is 0 Å². The average Bonchev–Trinajstić information content (AvgIpc) is 2.69. The lowest BCUT2D eigenvalue weighted by Crippen LogP contribution is -2.28. The SMILES string of the molecule is C/C(=C\c1ccccc1)C(O)(/C(C)=C/c1ccccc1)c1ccccc1. The number of rotatable bonds is 5. The fourth-order valence-corrected chi connectivity index (χ4v) is 3.25. The van der Waals surface area contributed by atoms with Gasteiger partial charge in [0.05, 0.1) is 0 Å². The smallest absolute Gasteiger partial charge is 0.132 e. The van der Waals surface area contributed by atoms with Crippen LogP contribution < -0.4 is 0 Å². The summed E-state index contributed by atoms with van der Waals surface area (Å²) in [5.74, 6) is 0. The number of hydrogen-bond donors (Lipinski definition) is 1. The highest BCUT2D eigenvalue weighted by Gasteiger charge is 2.33. The van der Waals surface area contributed by atoms with Crippen LogP contribution in [-0.4, -0.2) is 5.11 Å². The number of aliphatic hydroxyl groups is 1. The van der Waals surface area contributed by atoms with Crippen LogP contribution in [0.1, 0.15) is 30.5 Å². The van der Waals surface area contributed by atoms with Crippen LogP contribution in [-0.2, 0) is 5.60 Å². The fourth-order valence-electron chi connectivity index (χ4n) is 3.25. The van der Waals surface area contributed by atoms with Gasteiger partial charge in [0.1, 0.15) is 5.60 Å². The summed E-state index contributed by atoms with van der Waals surface area (Å²) in [7, 11) is 0. The van der Waals surface area contributed by atoms with Crippen molar-refractivity contribution < 1.29 is 5.11 Å². The first-order chi connectivity index (χ1) is 12.6. The average molecular weight is 340 g/mol. The van der Waals surface area contributed by atoms with Crippen molar-refractivity contribution in [2.24, 2.45) is 0 Å². The first-order valence-corrected chi connectivity index (χ1v) is 8.86. The lowest BCUT2D eigenvalue weighted by molar-refractivity contribution is 0.118. The van der Waals surface area contributed by atoms with Gasteiger partial charge in [0, 0.05) is 0 Å². The predicted octanol–water partition coefficient (Wildman–Crippen LogP) is 6.08. The minimum atomic E-state index is -1.16. The van der Waals surface area contributed by atoms with Crippen molar-refractivity contribution in [3.05, 3.63) is 119 Å². The molecular formula is C25H24O. The van der Waals surface area contributed by atoms with Crippen molar-refractivity contribution in [1.29, 1.82) is 0 Å². The van der Waals surface area contributed by atoms with Crippen molar-refractivity contribution >= 4 is 12.2 Å². The van der Waals surface area contributed by atoms with Gasteiger partial charge in [0.15, 0.2) is 0 Å². The van der Waals surface area contributed by atoms with Crippen LogP contribution in [0.25, 0.3) is 12.2 Å². The normalized spacial score (nSPS) is 14.7. The van der Waals surface area contributed by atoms with E-state index in [2.05, 4.69) is 12.2 Å². The van der Waals surface area contributed by atoms with E-state index in [-0.39, 0.29) is 0 Å². The summed E-state index contributed by atoms with van der Waals surface area (Å²) in [6.07, 6.45) is 4.10. The van der Waals surface area contributed by atoms with E-state index in [4.69, 9.17) is 0 Å². The van der Waals surface area contributed by atoms with E-state index in [0.29, 0.717) is 0 Å². The van der Waals surface area contributed by atoms with Gasteiger partial charge in [-0.3, -0.25) is 0 Å². The highest BCUT2D eigenvalue weighted by molar-refractivity contribution is 5.63. The van der Waals surface area contributed by atoms with Crippen LogP contribution in [0.15, 0.2) is 102 Å². The van der Waals surface area contributed by atoms with E-state index in [0.717, 1.165) is 27.8 Å². The Labute approximate surface area is 156 Å². The molecule has 0 unspecified atom stereocenters. The van der Waals surface area contributed by atoms with E-state index in [1.165, 1.54) is 0 Å². The topological polar surface area (TPSA) is 20.2 Å². The molecule has 0 radical (unpaired) electrons. The van der Waals surface area contributed by atoms with E-state index in [1.54, 1.807) is 0 Å². The molecule has 0 saturated heterocycles. The maximum atomic E-state index is 11.8. The molecule has 0 fully saturated rings. The molecule has 0 heterocycles. The van der Waals surface area contributed by atoms with E-state index in [1.807, 2.05) is 105 Å². The first-order valence-electron chi connectivity index (χ1n) is 8.86. The Kier molecular flexibility index (Phi) is 5.50. The molecule has 1 N–H and O–H groups in total. The Morgan fingerprint density at radius 1 is 0.615 bits per heavy atom. The molecule has 0 atom stereocenters. The minimum absolute atomic E-state index is 0.870. The molecule has 0 amide bonds. The molecule has 0 aromatic heterocycles. The summed E-state index contributed by atoms with van der Waals surface area (Å²) in [6, 6.07) is 30.1. The summed E-state index contributed by atoms with van der Waals surface area (Å²) >= 11 is 0. The van der Waals surface area contributed by atoms with Crippen molar-refractivity contribution in [2.75, 3.05) is 0 Å². The summed E-state index contributed by atoms with van der Waals surface area (Å²) in [6.45, 7) is 3.98. The zero-order valence-electron chi connectivity index (χ0n) is 15.3. The molecule has 0 bridgehead atoms. The van der Waals surface area contributed by atoms with E-state index < -0.39 is 5.60 Å². The zero-order chi connectivity index (χ0) is 18.4. The maximum absolute atomic E-state index is 11.8. The molecule has 0 aliphatic rings. The standard InChI is InChI=1S/C25H24O/c1-20(18-22-12-6-3-7-13-22)25(26,24-16-10-5-11-17-24)21(2)19-23-14-8-4-9-15-23/h3-19,26H,1-2H3/b20-18+,21-19+. The van der Waals surface area contributed by atoms with Gasteiger partial charge in [-0.1, -0.05) is 103 Å². The van der Waals surface area contributed by atoms with Gasteiger partial charge >= 0.3 is 0 Å². The molecule has 3 aromatic rings. The number of hydrogen-bond acceptors (Lipinski definition) is 1. The molecule has 130 valence electrons. The van der Waals surface area contributed by atoms with Crippen molar-refractivity contribution in [3.8, 4) is 0 Å². The summed E-state index contributed by atoms with van der Waals surface area (Å²) < 4.78 is 0. The van der Waals surface area contributed by atoms with Crippen LogP contribution >= 0.6 is 0 Å². The van der Waals surface area contributed by atoms with E-state index >= 15 is 0 Å². The minimum Gasteiger partial charge on any atom is -0.377 e. The summed E-state index contributed by atoms with van der Waals surface area (Å²) in [4.78, 5) is 0. The third-order valence-electron chi connectivity index (χ3n) is 4.70. The molecule has 0 aliphatic heterocycles. The Morgan fingerprint density at radius 2 is 0.962 bits per heavy atom. The van der Waals surface area contributed by atoms with Crippen molar-refractivity contribution in [1.82, 2.24) is 0 Å². The molecule has 26 heavy (non-hydrogen) atoms. The third kappa shape index (κ3) is 3.84. The van der Waals surface area contributed by atoms with Crippen molar-refractivity contribution in [3.63, 3.8) is 0 Å². The molecule has 1 heteroatoms. The van der Waals surface area contributed by atoms with Crippen LogP contribution in [0, 0.1) is 0 Å². The molecule has 0 saturated carbocycles. The molecule has 0 spiro atoms. The van der Waals surface area contributed by atoms with Gasteiger partial charge < -0.3 is 5.11 Å². The van der Waals surface area contributed by atoms with Gasteiger partial charge in [-0.05, 0) is 41.7 Å². The monoisotopic (exact) mass is 340 g/mol. The highest BCUT2D eigenvalue weighted by atomic mass is 16.3. The Hall–Kier alpha value is -2.90. The van der Waals surface area contributed by atoms with Gasteiger partial charge in [0.25, 0.3) is 0 Å². The zero-order valence-corrected chi connectivity index (χ0v) is 15.3. The predicted molar refractivity (Wildman–Crippen MR) is 111 cm³/mol. The van der Waals surface area contributed by atoms with Gasteiger partial charge in [-0.25, -0.2) is 0 Å². The highest BCUT2D eigenvalue weighted by Crippen LogP contribution is 2.38. The lowest BCUT2D eigenvalue weighted by atomic mass is 9.79. The molecule has 3 rings (SSSR count). The maximum Gasteiger partial charge on any atom is 0.132 e. The van der Waals surface area contributed by atoms with Crippen LogP contribution in [0.2, 0.25) is 0 Å². The van der Waals surface area contributed by atoms with Crippen LogP contribution in [0.5, 0.6) is 0 Å². The second-order valence-electron chi connectivity index (χ2n) is 6.55. The summed E-state index contributed by atoms with van der Waals surface area (Å²) in [5.41, 5.74) is 3.64. The molecule has 3 aromatic carbocycles. The summed E-state index contributed by atoms with van der Waals surface area (Å²) in [5, 5.41) is 11.8. The molecular weight excluding hydrogens is 316 g/mol. The van der Waals surface area contributed by atoms with Gasteiger partial charge in [-0.2, -0.15) is 0 Å². The molecule has 1 nitrogen and oxygen atoms in total. The largest absolute Gasteiger partial charge is 0.377 e. The lowest BCUT2D eigenvalue weighted by Gasteiger charge is -2.31. The van der Waals surface area contributed by atoms with E-state index in [9.17, 15) is 5.11 Å². The Morgan fingerprint density at radius 3 is 1.35 bits per heavy atom. The second kappa shape index (κ2) is 7.99. The third-order valence-corrected chi connectivity index (χ3v) is 4.70. The Balaban J connectivity index is 2.11. The quantitative estimate of drug-likeness (QED) is 0.596. The van der Waals surface area contributed by atoms with Gasteiger partial charge in [-0.15, -0.1) is 0 Å². The molecule has 0 aliphatic carbocycles. The number of benzene rings is 3. The first kappa shape index (κ1) is 17.9. The van der Waals surface area contributed by atoms with Crippen molar-refractivity contribution in [2.45, 2.75) is 19.4 Å². The fraction of sp³-hybridized carbons (Fsp3) is 0.120. The second-order valence-corrected chi connectivity index (χ2v) is 6.55. The van der Waals surface area contributed by atoms with Crippen LogP contribution in [0.4, 0.5) is 0 Å². The van der Waals surface area contributed by atoms with Crippen LogP contribution in [0.3, 0.4) is 0 Å².